The second-order valence-corrected chi connectivity index (χ2v) is 6.87. The van der Waals surface area contributed by atoms with Crippen molar-refractivity contribution in [1.29, 1.82) is 0 Å². The number of carbonyl (C=O) groups excluding carboxylic acids is 1. The minimum absolute atomic E-state index is 0.106. The number of methoxy groups -OCH3 is 1. The van der Waals surface area contributed by atoms with Crippen LogP contribution in [0.1, 0.15) is 58.3 Å². The summed E-state index contributed by atoms with van der Waals surface area (Å²) in [4.78, 5) is 14.3. The van der Waals surface area contributed by atoms with Crippen molar-refractivity contribution in [3.63, 3.8) is 0 Å². The number of nitrogens with zero attached hydrogens (tertiary/aromatic N) is 1. The van der Waals surface area contributed by atoms with Gasteiger partial charge in [0, 0.05) is 18.6 Å². The first-order chi connectivity index (χ1) is 10.1. The fraction of sp³-hybridized carbons (Fsp3) is 0.941. The molecule has 2 saturated carbocycles. The van der Waals surface area contributed by atoms with Gasteiger partial charge in [-0.3, -0.25) is 4.79 Å². The zero-order valence-corrected chi connectivity index (χ0v) is 13.9. The molecule has 0 spiro atoms. The lowest BCUT2D eigenvalue weighted by atomic mass is 9.84. The molecule has 0 aliphatic heterocycles. The van der Waals surface area contributed by atoms with E-state index in [1.807, 2.05) is 0 Å². The number of esters is 1. The summed E-state index contributed by atoms with van der Waals surface area (Å²) in [6.07, 6.45) is 9.94. The Hall–Kier alpha value is -0.610. The fourth-order valence-electron chi connectivity index (χ4n) is 3.46. The van der Waals surface area contributed by atoms with Crippen LogP contribution in [0.25, 0.3) is 0 Å². The summed E-state index contributed by atoms with van der Waals surface area (Å²) in [6, 6.07) is 1.11. The zero-order chi connectivity index (χ0) is 15.2. The summed E-state index contributed by atoms with van der Waals surface area (Å²) in [5, 5.41) is 3.41. The van der Waals surface area contributed by atoms with Crippen LogP contribution in [0.4, 0.5) is 0 Å². The topological polar surface area (TPSA) is 41.6 Å². The summed E-state index contributed by atoms with van der Waals surface area (Å²) in [5.74, 6) is 0.832. The molecule has 2 aliphatic carbocycles. The number of hydrogen-bond donors (Lipinski definition) is 1. The van der Waals surface area contributed by atoms with Gasteiger partial charge in [-0.2, -0.15) is 0 Å². The number of carbonyl (C=O) groups is 1. The molecule has 0 aromatic carbocycles. The monoisotopic (exact) mass is 296 g/mol. The lowest BCUT2D eigenvalue weighted by Crippen LogP contribution is -2.43. The maximum absolute atomic E-state index is 11.8. The van der Waals surface area contributed by atoms with Gasteiger partial charge in [-0.1, -0.05) is 13.3 Å². The summed E-state index contributed by atoms with van der Waals surface area (Å²) in [7, 11) is 3.70. The third-order valence-corrected chi connectivity index (χ3v) is 5.29. The van der Waals surface area contributed by atoms with E-state index in [9.17, 15) is 4.79 Å². The molecule has 21 heavy (non-hydrogen) atoms. The van der Waals surface area contributed by atoms with E-state index in [-0.39, 0.29) is 12.0 Å². The van der Waals surface area contributed by atoms with Gasteiger partial charge >= 0.3 is 5.97 Å². The molecular weight excluding hydrogens is 264 g/mol. The predicted octanol–water partition coefficient (Wildman–Crippen LogP) is 2.57. The Morgan fingerprint density at radius 1 is 1.24 bits per heavy atom. The first-order valence-corrected chi connectivity index (χ1v) is 8.68. The second kappa shape index (κ2) is 8.14. The highest BCUT2D eigenvalue weighted by atomic mass is 16.5. The molecule has 0 amide bonds. The van der Waals surface area contributed by atoms with Crippen LogP contribution in [-0.4, -0.2) is 49.7 Å². The van der Waals surface area contributed by atoms with Gasteiger partial charge in [0.1, 0.15) is 6.04 Å². The molecular formula is C17H32N2O2. The third-order valence-electron chi connectivity index (χ3n) is 5.29. The highest BCUT2D eigenvalue weighted by molar-refractivity contribution is 5.75. The highest BCUT2D eigenvalue weighted by Gasteiger charge is 2.30. The molecule has 0 aromatic rings. The number of ether oxygens (including phenoxy) is 1. The third kappa shape index (κ3) is 5.26. The molecule has 0 heterocycles. The summed E-state index contributed by atoms with van der Waals surface area (Å²) in [6.45, 7) is 3.28. The number of hydrogen-bond acceptors (Lipinski definition) is 4. The van der Waals surface area contributed by atoms with Crippen LogP contribution in [0, 0.1) is 5.92 Å². The smallest absolute Gasteiger partial charge is 0.322 e. The Morgan fingerprint density at radius 3 is 2.43 bits per heavy atom. The van der Waals surface area contributed by atoms with Gasteiger partial charge < -0.3 is 15.0 Å². The molecule has 1 unspecified atom stereocenters. The van der Waals surface area contributed by atoms with E-state index >= 15 is 0 Å². The van der Waals surface area contributed by atoms with Crippen LogP contribution in [0.2, 0.25) is 0 Å². The Balaban J connectivity index is 1.73. The predicted molar refractivity (Wildman–Crippen MR) is 85.2 cm³/mol. The van der Waals surface area contributed by atoms with Crippen molar-refractivity contribution in [2.75, 3.05) is 20.7 Å². The van der Waals surface area contributed by atoms with Crippen LogP contribution in [0.15, 0.2) is 0 Å². The maximum atomic E-state index is 11.8. The van der Waals surface area contributed by atoms with Crippen molar-refractivity contribution in [2.45, 2.75) is 76.4 Å². The molecule has 0 saturated heterocycles. The average molecular weight is 296 g/mol. The molecule has 0 bridgehead atoms. The highest BCUT2D eigenvalue weighted by Crippen LogP contribution is 2.29. The van der Waals surface area contributed by atoms with Gasteiger partial charge in [0.05, 0.1) is 7.11 Å². The van der Waals surface area contributed by atoms with Crippen LogP contribution in [-0.2, 0) is 9.53 Å². The van der Waals surface area contributed by atoms with Gasteiger partial charge in [-0.25, -0.2) is 0 Å². The molecule has 0 aromatic heterocycles. The number of nitrogens with one attached hydrogen (secondary N) is 1. The fourth-order valence-corrected chi connectivity index (χ4v) is 3.46. The second-order valence-electron chi connectivity index (χ2n) is 6.87. The van der Waals surface area contributed by atoms with E-state index in [1.165, 1.54) is 52.1 Å². The van der Waals surface area contributed by atoms with Crippen LogP contribution in [0.3, 0.4) is 0 Å². The van der Waals surface area contributed by atoms with Crippen molar-refractivity contribution in [3.8, 4) is 0 Å². The molecule has 4 heteroatoms. The quantitative estimate of drug-likeness (QED) is 0.699. The average Bonchev–Trinajstić information content (AvgIpc) is 3.34. The Morgan fingerprint density at radius 2 is 1.90 bits per heavy atom. The van der Waals surface area contributed by atoms with E-state index < -0.39 is 0 Å². The van der Waals surface area contributed by atoms with E-state index in [0.29, 0.717) is 12.1 Å². The van der Waals surface area contributed by atoms with Gasteiger partial charge in [-0.05, 0) is 57.9 Å². The van der Waals surface area contributed by atoms with Gasteiger partial charge in [0.25, 0.3) is 0 Å². The van der Waals surface area contributed by atoms with Gasteiger partial charge in [0.15, 0.2) is 0 Å². The lowest BCUT2D eigenvalue weighted by molar-refractivity contribution is -0.143. The van der Waals surface area contributed by atoms with Crippen LogP contribution < -0.4 is 5.32 Å². The van der Waals surface area contributed by atoms with Gasteiger partial charge in [-0.15, -0.1) is 0 Å². The summed E-state index contributed by atoms with van der Waals surface area (Å²) >= 11 is 0. The van der Waals surface area contributed by atoms with Crippen molar-refractivity contribution in [2.24, 2.45) is 5.92 Å². The van der Waals surface area contributed by atoms with E-state index in [4.69, 9.17) is 4.74 Å². The Bertz CT molecular complexity index is 323. The first kappa shape index (κ1) is 16.8. The van der Waals surface area contributed by atoms with E-state index in [2.05, 4.69) is 24.2 Å². The van der Waals surface area contributed by atoms with Crippen LogP contribution in [0.5, 0.6) is 0 Å². The molecule has 0 radical (unpaired) electrons. The molecule has 2 fully saturated rings. The van der Waals surface area contributed by atoms with E-state index in [1.54, 1.807) is 0 Å². The first-order valence-electron chi connectivity index (χ1n) is 8.68. The SMILES string of the molecule is CCC1CCC(N(C)CCC(NC2CC2)C(=O)OC)CC1. The van der Waals surface area contributed by atoms with E-state index in [0.717, 1.165) is 18.9 Å². The standard InChI is InChI=1S/C17H32N2O2/c1-4-13-5-9-15(10-6-13)19(2)12-11-16(17(20)21-3)18-14-7-8-14/h13-16,18H,4-12H2,1-3H3. The Labute approximate surface area is 129 Å². The van der Waals surface area contributed by atoms with Crippen molar-refractivity contribution < 1.29 is 9.53 Å². The van der Waals surface area contributed by atoms with Crippen molar-refractivity contribution in [1.82, 2.24) is 10.2 Å². The van der Waals surface area contributed by atoms with Crippen LogP contribution >= 0.6 is 0 Å². The summed E-state index contributed by atoms with van der Waals surface area (Å²) in [5.41, 5.74) is 0. The molecule has 2 rings (SSSR count). The van der Waals surface area contributed by atoms with Gasteiger partial charge in [0.2, 0.25) is 0 Å². The molecule has 4 nitrogen and oxygen atoms in total. The molecule has 1 atom stereocenters. The normalized spacial score (nSPS) is 27.6. The maximum Gasteiger partial charge on any atom is 0.322 e. The molecule has 2 aliphatic rings. The molecule has 1 N–H and O–H groups in total. The van der Waals surface area contributed by atoms with Crippen molar-refractivity contribution >= 4 is 5.97 Å². The summed E-state index contributed by atoms with van der Waals surface area (Å²) < 4.78 is 4.93. The zero-order valence-electron chi connectivity index (χ0n) is 13.9. The molecule has 122 valence electrons. The largest absolute Gasteiger partial charge is 0.468 e. The minimum atomic E-state index is -0.128. The Kier molecular flexibility index (Phi) is 6.49. The van der Waals surface area contributed by atoms with Crippen molar-refractivity contribution in [3.05, 3.63) is 0 Å². The number of rotatable bonds is 8. The lowest BCUT2D eigenvalue weighted by Gasteiger charge is -2.35. The minimum Gasteiger partial charge on any atom is -0.468 e.